The van der Waals surface area contributed by atoms with Gasteiger partial charge in [0.1, 0.15) is 0 Å². The predicted molar refractivity (Wildman–Crippen MR) is 68.7 cm³/mol. The summed E-state index contributed by atoms with van der Waals surface area (Å²) in [7, 11) is 0. The van der Waals surface area contributed by atoms with E-state index in [0.29, 0.717) is 5.92 Å². The highest BCUT2D eigenvalue weighted by Crippen LogP contribution is 2.27. The molecule has 0 heterocycles. The van der Waals surface area contributed by atoms with Crippen LogP contribution in [0.1, 0.15) is 40.0 Å². The number of thiocarbonyl (C=S) groups is 1. The highest BCUT2D eigenvalue weighted by molar-refractivity contribution is 7.80. The van der Waals surface area contributed by atoms with Crippen molar-refractivity contribution in [3.8, 4) is 0 Å². The molecule has 15 heavy (non-hydrogen) atoms. The smallest absolute Gasteiger partial charge is 0.184 e. The van der Waals surface area contributed by atoms with Crippen LogP contribution in [0.15, 0.2) is 16.2 Å². The van der Waals surface area contributed by atoms with Crippen LogP contribution in [0.2, 0.25) is 0 Å². The molecule has 0 aromatic heterocycles. The zero-order valence-electron chi connectivity index (χ0n) is 9.63. The zero-order chi connectivity index (χ0) is 11.4. The van der Waals surface area contributed by atoms with Crippen LogP contribution in [0.25, 0.3) is 0 Å². The topological polar surface area (TPSA) is 50.4 Å². The van der Waals surface area contributed by atoms with Crippen LogP contribution in [0.4, 0.5) is 0 Å². The molecular formula is C11H19N3S. The van der Waals surface area contributed by atoms with Crippen LogP contribution in [-0.2, 0) is 0 Å². The number of rotatable bonds is 1. The maximum absolute atomic E-state index is 5.36. The van der Waals surface area contributed by atoms with E-state index in [1.165, 1.54) is 17.6 Å². The second-order valence-electron chi connectivity index (χ2n) is 4.36. The third kappa shape index (κ3) is 3.63. The van der Waals surface area contributed by atoms with E-state index in [4.69, 9.17) is 18.0 Å². The first-order valence-corrected chi connectivity index (χ1v) is 5.70. The summed E-state index contributed by atoms with van der Waals surface area (Å²) in [6, 6.07) is 0. The molecule has 0 radical (unpaired) electrons. The van der Waals surface area contributed by atoms with E-state index in [9.17, 15) is 0 Å². The Morgan fingerprint density at radius 1 is 1.53 bits per heavy atom. The molecule has 1 aliphatic rings. The van der Waals surface area contributed by atoms with Gasteiger partial charge in [-0.1, -0.05) is 12.5 Å². The van der Waals surface area contributed by atoms with E-state index in [1.807, 2.05) is 0 Å². The quantitative estimate of drug-likeness (QED) is 0.532. The standard InChI is InChI=1S/C11H19N3S/c1-7(2)9-5-4-8(3)6-10(9)13-14-11(12)15/h8H,4-6H2,1-3H3,(H3,12,14,15)/b13-10+/t8-/m0/s1. The van der Waals surface area contributed by atoms with Gasteiger partial charge < -0.3 is 5.73 Å². The largest absolute Gasteiger partial charge is 0.375 e. The minimum Gasteiger partial charge on any atom is -0.375 e. The molecule has 4 heteroatoms. The van der Waals surface area contributed by atoms with E-state index in [-0.39, 0.29) is 5.11 Å². The molecule has 0 amide bonds. The second-order valence-corrected chi connectivity index (χ2v) is 4.80. The molecule has 0 aromatic carbocycles. The SMILES string of the molecule is CC(C)=C1CC[C@H](C)C/C1=N\NC(N)=S. The monoisotopic (exact) mass is 225 g/mol. The number of hydrogen-bond acceptors (Lipinski definition) is 2. The second kappa shape index (κ2) is 5.26. The predicted octanol–water partition coefficient (Wildman–Crippen LogP) is 2.33. The van der Waals surface area contributed by atoms with Gasteiger partial charge in [-0.2, -0.15) is 5.10 Å². The molecular weight excluding hydrogens is 206 g/mol. The molecule has 84 valence electrons. The van der Waals surface area contributed by atoms with Crippen LogP contribution in [0.5, 0.6) is 0 Å². The average molecular weight is 225 g/mol. The lowest BCUT2D eigenvalue weighted by molar-refractivity contribution is 0.531. The van der Waals surface area contributed by atoms with Crippen molar-refractivity contribution in [3.05, 3.63) is 11.1 Å². The summed E-state index contributed by atoms with van der Waals surface area (Å²) in [5.41, 5.74) is 11.9. The van der Waals surface area contributed by atoms with Gasteiger partial charge in [0.2, 0.25) is 0 Å². The Hall–Kier alpha value is -0.900. The number of hydrazone groups is 1. The Kier molecular flexibility index (Phi) is 4.27. The third-order valence-corrected chi connectivity index (χ3v) is 2.77. The Bertz CT molecular complexity index is 314. The number of nitrogens with two attached hydrogens (primary N) is 1. The van der Waals surface area contributed by atoms with Crippen molar-refractivity contribution in [1.82, 2.24) is 5.43 Å². The highest BCUT2D eigenvalue weighted by atomic mass is 32.1. The molecule has 1 saturated carbocycles. The molecule has 3 nitrogen and oxygen atoms in total. The molecule has 1 aliphatic carbocycles. The minimum absolute atomic E-state index is 0.230. The van der Waals surface area contributed by atoms with Gasteiger partial charge in [-0.15, -0.1) is 0 Å². The molecule has 0 unspecified atom stereocenters. The van der Waals surface area contributed by atoms with Gasteiger partial charge in [-0.25, -0.2) is 0 Å². The first-order valence-electron chi connectivity index (χ1n) is 5.29. The Labute approximate surface area is 96.8 Å². The number of hydrogen-bond donors (Lipinski definition) is 2. The Morgan fingerprint density at radius 2 is 2.20 bits per heavy atom. The molecule has 1 rings (SSSR count). The van der Waals surface area contributed by atoms with Gasteiger partial charge in [0, 0.05) is 0 Å². The fourth-order valence-corrected chi connectivity index (χ4v) is 1.91. The average Bonchev–Trinajstić information content (AvgIpc) is 2.14. The summed E-state index contributed by atoms with van der Waals surface area (Å²) in [6.07, 6.45) is 3.37. The molecule has 0 aliphatic heterocycles. The van der Waals surface area contributed by atoms with Crippen molar-refractivity contribution >= 4 is 23.0 Å². The Morgan fingerprint density at radius 3 is 2.73 bits per heavy atom. The van der Waals surface area contributed by atoms with Crippen molar-refractivity contribution < 1.29 is 0 Å². The Balaban J connectivity index is 2.84. The number of nitrogens with zero attached hydrogens (tertiary/aromatic N) is 1. The van der Waals surface area contributed by atoms with Crippen LogP contribution >= 0.6 is 12.2 Å². The number of allylic oxidation sites excluding steroid dienone is 2. The minimum atomic E-state index is 0.230. The van der Waals surface area contributed by atoms with Crippen molar-refractivity contribution in [3.63, 3.8) is 0 Å². The highest BCUT2D eigenvalue weighted by Gasteiger charge is 2.19. The lowest BCUT2D eigenvalue weighted by Gasteiger charge is -2.23. The van der Waals surface area contributed by atoms with Gasteiger partial charge in [0.15, 0.2) is 5.11 Å². The maximum Gasteiger partial charge on any atom is 0.184 e. The van der Waals surface area contributed by atoms with Crippen molar-refractivity contribution in [2.75, 3.05) is 0 Å². The summed E-state index contributed by atoms with van der Waals surface area (Å²) in [6.45, 7) is 6.50. The van der Waals surface area contributed by atoms with Gasteiger partial charge in [-0.3, -0.25) is 5.43 Å². The van der Waals surface area contributed by atoms with Crippen molar-refractivity contribution in [1.29, 1.82) is 0 Å². The lowest BCUT2D eigenvalue weighted by atomic mass is 9.84. The molecule has 1 atom stereocenters. The first-order chi connectivity index (χ1) is 7.00. The van der Waals surface area contributed by atoms with Crippen molar-refractivity contribution in [2.45, 2.75) is 40.0 Å². The summed E-state index contributed by atoms with van der Waals surface area (Å²) in [4.78, 5) is 0. The molecule has 1 fully saturated rings. The molecule has 3 N–H and O–H groups in total. The van der Waals surface area contributed by atoms with E-state index in [0.717, 1.165) is 18.6 Å². The summed E-state index contributed by atoms with van der Waals surface area (Å²) in [5, 5.41) is 4.51. The first kappa shape index (κ1) is 12.2. The van der Waals surface area contributed by atoms with Gasteiger partial charge >= 0.3 is 0 Å². The van der Waals surface area contributed by atoms with Crippen LogP contribution in [0.3, 0.4) is 0 Å². The third-order valence-electron chi connectivity index (χ3n) is 2.68. The van der Waals surface area contributed by atoms with Crippen LogP contribution in [0, 0.1) is 5.92 Å². The van der Waals surface area contributed by atoms with Gasteiger partial charge in [-0.05, 0) is 56.8 Å². The summed E-state index contributed by atoms with van der Waals surface area (Å²) in [5.74, 6) is 0.694. The van der Waals surface area contributed by atoms with Gasteiger partial charge in [0.05, 0.1) is 5.71 Å². The van der Waals surface area contributed by atoms with Crippen LogP contribution < -0.4 is 11.2 Å². The normalized spacial score (nSPS) is 24.1. The molecule has 0 bridgehead atoms. The zero-order valence-corrected chi connectivity index (χ0v) is 10.4. The summed E-state index contributed by atoms with van der Waals surface area (Å²) < 4.78 is 0. The fourth-order valence-electron chi connectivity index (χ4n) is 1.86. The van der Waals surface area contributed by atoms with Gasteiger partial charge in [0.25, 0.3) is 0 Å². The van der Waals surface area contributed by atoms with Crippen LogP contribution in [-0.4, -0.2) is 10.8 Å². The molecule has 0 spiro atoms. The van der Waals surface area contributed by atoms with E-state index in [2.05, 4.69) is 31.3 Å². The summed E-state index contributed by atoms with van der Waals surface area (Å²) >= 11 is 4.74. The number of nitrogens with one attached hydrogen (secondary N) is 1. The maximum atomic E-state index is 5.36. The van der Waals surface area contributed by atoms with E-state index < -0.39 is 0 Å². The fraction of sp³-hybridized carbons (Fsp3) is 0.636. The lowest BCUT2D eigenvalue weighted by Crippen LogP contribution is -2.27. The van der Waals surface area contributed by atoms with E-state index in [1.54, 1.807) is 0 Å². The van der Waals surface area contributed by atoms with Crippen molar-refractivity contribution in [2.24, 2.45) is 16.8 Å². The molecule has 0 saturated heterocycles. The molecule has 0 aromatic rings. The van der Waals surface area contributed by atoms with E-state index >= 15 is 0 Å².